The fourth-order valence-corrected chi connectivity index (χ4v) is 5.61. The van der Waals surface area contributed by atoms with Crippen molar-refractivity contribution in [3.8, 4) is 5.75 Å². The lowest BCUT2D eigenvalue weighted by atomic mass is 9.93. The molecule has 0 aromatic heterocycles. The molecular weight excluding hydrogens is 496 g/mol. The Labute approximate surface area is 219 Å². The molecule has 0 aliphatic heterocycles. The van der Waals surface area contributed by atoms with Crippen LogP contribution in [0.4, 0.5) is 5.69 Å². The predicted molar refractivity (Wildman–Crippen MR) is 146 cm³/mol. The van der Waals surface area contributed by atoms with Crippen LogP contribution in [0.15, 0.2) is 65.6 Å². The third-order valence-corrected chi connectivity index (χ3v) is 8.14. The van der Waals surface area contributed by atoms with Crippen molar-refractivity contribution in [1.82, 2.24) is 5.32 Å². The summed E-state index contributed by atoms with van der Waals surface area (Å²) in [6.45, 7) is 9.52. The number of nitrogens with zero attached hydrogens (tertiary/aromatic N) is 1. The summed E-state index contributed by atoms with van der Waals surface area (Å²) < 4.78 is 33.8. The zero-order valence-electron chi connectivity index (χ0n) is 21.5. The molecule has 0 bridgehead atoms. The Morgan fingerprint density at radius 3 is 2.14 bits per heavy atom. The van der Waals surface area contributed by atoms with Crippen LogP contribution >= 0.6 is 11.6 Å². The number of anilines is 1. The van der Waals surface area contributed by atoms with E-state index in [4.69, 9.17) is 16.3 Å². The van der Waals surface area contributed by atoms with E-state index in [1.54, 1.807) is 55.6 Å². The Morgan fingerprint density at radius 1 is 0.972 bits per heavy atom. The zero-order chi connectivity index (χ0) is 26.6. The Kier molecular flexibility index (Phi) is 8.69. The molecule has 8 heteroatoms. The maximum absolute atomic E-state index is 13.6. The second-order valence-corrected chi connectivity index (χ2v) is 11.5. The van der Waals surface area contributed by atoms with E-state index in [2.05, 4.69) is 19.2 Å². The van der Waals surface area contributed by atoms with Crippen LogP contribution in [0, 0.1) is 13.8 Å². The number of carbonyl (C=O) groups excluding carboxylic acids is 1. The second kappa shape index (κ2) is 11.4. The Bertz CT molecular complexity index is 1320. The molecule has 0 saturated heterocycles. The van der Waals surface area contributed by atoms with Gasteiger partial charge in [0, 0.05) is 5.02 Å². The molecule has 192 valence electrons. The number of halogens is 1. The molecule has 1 unspecified atom stereocenters. The third kappa shape index (κ3) is 6.20. The topological polar surface area (TPSA) is 75.7 Å². The highest BCUT2D eigenvalue weighted by Gasteiger charge is 2.28. The van der Waals surface area contributed by atoms with Gasteiger partial charge in [0.1, 0.15) is 12.3 Å². The number of aryl methyl sites for hydroxylation is 2. The first-order valence-corrected chi connectivity index (χ1v) is 13.6. The van der Waals surface area contributed by atoms with Crippen LogP contribution in [0.5, 0.6) is 5.75 Å². The number of carbonyl (C=O) groups is 1. The highest BCUT2D eigenvalue weighted by atomic mass is 35.5. The average molecular weight is 529 g/mol. The number of sulfonamides is 1. The smallest absolute Gasteiger partial charge is 0.264 e. The van der Waals surface area contributed by atoms with Gasteiger partial charge in [0.25, 0.3) is 10.0 Å². The minimum Gasteiger partial charge on any atom is -0.496 e. The van der Waals surface area contributed by atoms with E-state index < -0.39 is 15.9 Å². The van der Waals surface area contributed by atoms with Crippen LogP contribution in [-0.4, -0.2) is 28.0 Å². The SMILES string of the molecule is COc1cc(C)c(C(C)NC(=O)CN(c2ccc(Cl)cc2)S(=O)(=O)c2ccc(C)cc2)cc1C(C)C. The lowest BCUT2D eigenvalue weighted by Crippen LogP contribution is -2.41. The maximum Gasteiger partial charge on any atom is 0.264 e. The van der Waals surface area contributed by atoms with Crippen molar-refractivity contribution in [1.29, 1.82) is 0 Å². The van der Waals surface area contributed by atoms with Gasteiger partial charge < -0.3 is 10.1 Å². The van der Waals surface area contributed by atoms with E-state index in [-0.39, 0.29) is 23.4 Å². The number of amides is 1. The monoisotopic (exact) mass is 528 g/mol. The molecule has 6 nitrogen and oxygen atoms in total. The van der Waals surface area contributed by atoms with Crippen molar-refractivity contribution >= 4 is 33.2 Å². The summed E-state index contributed by atoms with van der Waals surface area (Å²) in [6.07, 6.45) is 0. The number of hydrogen-bond donors (Lipinski definition) is 1. The highest BCUT2D eigenvalue weighted by molar-refractivity contribution is 7.92. The molecule has 36 heavy (non-hydrogen) atoms. The van der Waals surface area contributed by atoms with E-state index in [0.29, 0.717) is 10.7 Å². The van der Waals surface area contributed by atoms with Gasteiger partial charge in [-0.2, -0.15) is 0 Å². The molecule has 0 heterocycles. The molecular formula is C28H33ClN2O4S. The molecule has 0 saturated carbocycles. The van der Waals surface area contributed by atoms with E-state index in [9.17, 15) is 13.2 Å². The molecule has 0 aliphatic carbocycles. The summed E-state index contributed by atoms with van der Waals surface area (Å²) in [5, 5.41) is 3.45. The van der Waals surface area contributed by atoms with Gasteiger partial charge in [-0.15, -0.1) is 0 Å². The summed E-state index contributed by atoms with van der Waals surface area (Å²) in [5.74, 6) is 0.625. The molecule has 0 fully saturated rings. The first-order chi connectivity index (χ1) is 16.9. The average Bonchev–Trinajstić information content (AvgIpc) is 2.82. The Balaban J connectivity index is 1.91. The summed E-state index contributed by atoms with van der Waals surface area (Å²) in [6, 6.07) is 16.6. The Hall–Kier alpha value is -3.03. The van der Waals surface area contributed by atoms with Gasteiger partial charge in [0.2, 0.25) is 5.91 Å². The number of nitrogens with one attached hydrogen (secondary N) is 1. The first-order valence-electron chi connectivity index (χ1n) is 11.8. The quantitative estimate of drug-likeness (QED) is 0.361. The van der Waals surface area contributed by atoms with Crippen molar-refractivity contribution in [3.63, 3.8) is 0 Å². The van der Waals surface area contributed by atoms with Crippen molar-refractivity contribution in [3.05, 3.63) is 87.9 Å². The molecule has 3 aromatic rings. The van der Waals surface area contributed by atoms with Crippen molar-refractivity contribution < 1.29 is 17.9 Å². The van der Waals surface area contributed by atoms with Gasteiger partial charge in [0.15, 0.2) is 0 Å². The molecule has 1 amide bonds. The minimum absolute atomic E-state index is 0.108. The molecule has 1 N–H and O–H groups in total. The van der Waals surface area contributed by atoms with Gasteiger partial charge in [-0.3, -0.25) is 9.10 Å². The number of benzene rings is 3. The standard InChI is InChI=1S/C28H33ClN2O4S/c1-18(2)25-16-26(20(4)15-27(25)35-6)21(5)30-28(32)17-31(23-11-9-22(29)10-12-23)36(33,34)24-13-7-19(3)8-14-24/h7-16,18,21H,17H2,1-6H3,(H,30,32). The molecule has 3 aromatic carbocycles. The van der Waals surface area contributed by atoms with Gasteiger partial charge >= 0.3 is 0 Å². The number of rotatable bonds is 9. The fraction of sp³-hybridized carbons (Fsp3) is 0.321. The summed E-state index contributed by atoms with van der Waals surface area (Å²) >= 11 is 6.02. The van der Waals surface area contributed by atoms with E-state index >= 15 is 0 Å². The van der Waals surface area contributed by atoms with E-state index in [1.807, 2.05) is 32.9 Å². The predicted octanol–water partition coefficient (Wildman–Crippen LogP) is 6.16. The van der Waals surface area contributed by atoms with Crippen molar-refractivity contribution in [2.75, 3.05) is 18.0 Å². The van der Waals surface area contributed by atoms with Gasteiger partial charge in [-0.25, -0.2) is 8.42 Å². The minimum atomic E-state index is -4.00. The van der Waals surface area contributed by atoms with E-state index in [0.717, 1.165) is 32.3 Å². The lowest BCUT2D eigenvalue weighted by Gasteiger charge is -2.26. The van der Waals surface area contributed by atoms with Gasteiger partial charge in [0.05, 0.1) is 23.7 Å². The molecule has 0 spiro atoms. The van der Waals surface area contributed by atoms with Gasteiger partial charge in [-0.1, -0.05) is 43.1 Å². The summed E-state index contributed by atoms with van der Waals surface area (Å²) in [5.41, 5.74) is 4.27. The molecule has 3 rings (SSSR count). The van der Waals surface area contributed by atoms with Gasteiger partial charge in [-0.05, 0) is 91.9 Å². The fourth-order valence-electron chi connectivity index (χ4n) is 4.07. The molecule has 0 aliphatic rings. The number of methoxy groups -OCH3 is 1. The normalized spacial score (nSPS) is 12.3. The maximum atomic E-state index is 13.6. The number of hydrogen-bond acceptors (Lipinski definition) is 4. The molecule has 0 radical (unpaired) electrons. The van der Waals surface area contributed by atoms with Crippen molar-refractivity contribution in [2.24, 2.45) is 0 Å². The number of ether oxygens (including phenoxy) is 1. The van der Waals surface area contributed by atoms with Crippen LogP contribution in [0.3, 0.4) is 0 Å². The summed E-state index contributed by atoms with van der Waals surface area (Å²) in [7, 11) is -2.36. The lowest BCUT2D eigenvalue weighted by molar-refractivity contribution is -0.120. The summed E-state index contributed by atoms with van der Waals surface area (Å²) in [4.78, 5) is 13.3. The molecule has 1 atom stereocenters. The van der Waals surface area contributed by atoms with Crippen LogP contribution in [-0.2, 0) is 14.8 Å². The van der Waals surface area contributed by atoms with Crippen LogP contribution in [0.25, 0.3) is 0 Å². The second-order valence-electron chi connectivity index (χ2n) is 9.20. The van der Waals surface area contributed by atoms with Crippen molar-refractivity contribution in [2.45, 2.75) is 51.5 Å². The van der Waals surface area contributed by atoms with E-state index in [1.165, 1.54) is 0 Å². The first kappa shape index (κ1) is 27.6. The Morgan fingerprint density at radius 2 is 1.58 bits per heavy atom. The highest BCUT2D eigenvalue weighted by Crippen LogP contribution is 2.32. The van der Waals surface area contributed by atoms with Crippen LogP contribution in [0.2, 0.25) is 5.02 Å². The van der Waals surface area contributed by atoms with Crippen LogP contribution in [0.1, 0.15) is 55.0 Å². The zero-order valence-corrected chi connectivity index (χ0v) is 23.1. The van der Waals surface area contributed by atoms with Crippen LogP contribution < -0.4 is 14.4 Å². The largest absolute Gasteiger partial charge is 0.496 e. The third-order valence-electron chi connectivity index (χ3n) is 6.10.